The van der Waals surface area contributed by atoms with Crippen LogP contribution < -0.4 is 20.7 Å². The summed E-state index contributed by atoms with van der Waals surface area (Å²) < 4.78 is 7.45. The zero-order valence-corrected chi connectivity index (χ0v) is 39.3. The van der Waals surface area contributed by atoms with Crippen molar-refractivity contribution < 1.29 is 0 Å². The lowest BCUT2D eigenvalue weighted by Gasteiger charge is -2.34. The quantitative estimate of drug-likeness (QED) is 0.107. The molecule has 3 heterocycles. The predicted molar refractivity (Wildman–Crippen MR) is 299 cm³/mol. The minimum atomic E-state index is -2.82. The summed E-state index contributed by atoms with van der Waals surface area (Å²) in [5.41, 5.74) is 12.8. The van der Waals surface area contributed by atoms with E-state index in [9.17, 15) is 0 Å². The molecule has 0 amide bonds. The summed E-state index contributed by atoms with van der Waals surface area (Å²) in [6.45, 7) is 0. The Bertz CT molecular complexity index is 4130. The van der Waals surface area contributed by atoms with Crippen molar-refractivity contribution in [3.8, 4) is 28.2 Å². The van der Waals surface area contributed by atoms with Gasteiger partial charge in [0.2, 0.25) is 0 Å². The monoisotopic (exact) mass is 907 g/mol. The zero-order valence-electron chi connectivity index (χ0n) is 38.3. The Hall–Kier alpha value is -8.96. The van der Waals surface area contributed by atoms with E-state index in [4.69, 9.17) is 0 Å². The van der Waals surface area contributed by atoms with E-state index in [1.807, 2.05) is 0 Å². The van der Waals surface area contributed by atoms with Crippen LogP contribution in [-0.4, -0.2) is 21.8 Å². The summed E-state index contributed by atoms with van der Waals surface area (Å²) in [5.74, 6) is 0. The third-order valence-electron chi connectivity index (χ3n) is 14.7. The van der Waals surface area contributed by atoms with Gasteiger partial charge in [0.25, 0.3) is 0 Å². The standard InChI is InChI=1S/C66H45N3Si/c1-5-21-46(22-6-1)47-41-49(68-62-34-18-13-29-55(62)56-30-14-19-35-63(56)68)43-50(42-47)69-64-36-20-16-31-57(64)59-39-37-48(44-65(59)69)67-61-33-17-15-32-58(61)60-40-38-54(45-66(60)67)70(51-23-7-2-8-24-51,52-25-9-3-10-26-52)53-27-11-4-12-28-53/h1-45H. The lowest BCUT2D eigenvalue weighted by molar-refractivity contribution is 1.13. The molecular weight excluding hydrogens is 863 g/mol. The van der Waals surface area contributed by atoms with Gasteiger partial charge in [-0.25, -0.2) is 0 Å². The summed E-state index contributed by atoms with van der Waals surface area (Å²) >= 11 is 0. The van der Waals surface area contributed by atoms with Gasteiger partial charge < -0.3 is 13.7 Å². The fourth-order valence-corrected chi connectivity index (χ4v) is 16.5. The molecule has 4 heteroatoms. The van der Waals surface area contributed by atoms with Crippen molar-refractivity contribution in [3.05, 3.63) is 273 Å². The van der Waals surface area contributed by atoms with Gasteiger partial charge in [-0.2, -0.15) is 0 Å². The molecule has 0 aliphatic heterocycles. The van der Waals surface area contributed by atoms with Gasteiger partial charge in [-0.1, -0.05) is 212 Å². The molecule has 3 nitrogen and oxygen atoms in total. The fourth-order valence-electron chi connectivity index (χ4n) is 11.8. The van der Waals surface area contributed by atoms with E-state index in [1.54, 1.807) is 0 Å². The molecule has 70 heavy (non-hydrogen) atoms. The molecule has 14 aromatic rings. The second-order valence-electron chi connectivity index (χ2n) is 18.5. The first-order valence-corrected chi connectivity index (χ1v) is 26.2. The van der Waals surface area contributed by atoms with Crippen molar-refractivity contribution in [3.63, 3.8) is 0 Å². The van der Waals surface area contributed by atoms with Crippen LogP contribution in [0.25, 0.3) is 93.6 Å². The molecule has 11 aromatic carbocycles. The molecule has 0 saturated carbocycles. The molecule has 0 atom stereocenters. The number of nitrogens with zero attached hydrogens (tertiary/aromatic N) is 3. The Morgan fingerprint density at radius 1 is 0.200 bits per heavy atom. The van der Waals surface area contributed by atoms with Crippen molar-refractivity contribution in [1.82, 2.24) is 13.7 Å². The molecule has 0 saturated heterocycles. The van der Waals surface area contributed by atoms with Crippen LogP contribution >= 0.6 is 0 Å². The smallest absolute Gasteiger partial charge is 0.179 e. The van der Waals surface area contributed by atoms with Crippen LogP contribution in [-0.2, 0) is 0 Å². The van der Waals surface area contributed by atoms with Crippen LogP contribution in [0, 0.1) is 0 Å². The van der Waals surface area contributed by atoms with Crippen molar-refractivity contribution in [2.75, 3.05) is 0 Å². The molecule has 0 radical (unpaired) electrons. The molecule has 0 aliphatic rings. The number of hydrogen-bond donors (Lipinski definition) is 0. The van der Waals surface area contributed by atoms with E-state index >= 15 is 0 Å². The summed E-state index contributed by atoms with van der Waals surface area (Å²) in [7, 11) is -2.82. The second-order valence-corrected chi connectivity index (χ2v) is 22.3. The predicted octanol–water partition coefficient (Wildman–Crippen LogP) is 14.0. The second kappa shape index (κ2) is 16.1. The minimum Gasteiger partial charge on any atom is -0.309 e. The third-order valence-corrected chi connectivity index (χ3v) is 19.5. The maximum absolute atomic E-state index is 2.82. The van der Waals surface area contributed by atoms with E-state index in [0.717, 1.165) is 28.1 Å². The molecule has 0 unspecified atom stereocenters. The van der Waals surface area contributed by atoms with Gasteiger partial charge in [-0.05, 0) is 92.5 Å². The molecule has 0 bridgehead atoms. The first-order chi connectivity index (χ1) is 34.7. The van der Waals surface area contributed by atoms with E-state index in [-0.39, 0.29) is 0 Å². The number of rotatable bonds is 8. The highest BCUT2D eigenvalue weighted by Crippen LogP contribution is 2.40. The average molecular weight is 908 g/mol. The normalized spacial score (nSPS) is 12.0. The van der Waals surface area contributed by atoms with Gasteiger partial charge in [0.15, 0.2) is 8.07 Å². The molecule has 0 aliphatic carbocycles. The Morgan fingerprint density at radius 3 is 1.00 bits per heavy atom. The van der Waals surface area contributed by atoms with Crippen LogP contribution in [0.1, 0.15) is 0 Å². The van der Waals surface area contributed by atoms with Gasteiger partial charge in [0.05, 0.1) is 33.1 Å². The van der Waals surface area contributed by atoms with E-state index < -0.39 is 8.07 Å². The van der Waals surface area contributed by atoms with Gasteiger partial charge in [-0.3, -0.25) is 0 Å². The first kappa shape index (κ1) is 40.1. The van der Waals surface area contributed by atoms with Gasteiger partial charge in [-0.15, -0.1) is 0 Å². The Morgan fingerprint density at radius 2 is 0.543 bits per heavy atom. The summed E-state index contributed by atoms with van der Waals surface area (Å²) in [6, 6.07) is 101. The highest BCUT2D eigenvalue weighted by atomic mass is 28.3. The van der Waals surface area contributed by atoms with Gasteiger partial charge >= 0.3 is 0 Å². The Balaban J connectivity index is 1.05. The fraction of sp³-hybridized carbons (Fsp3) is 0. The number of hydrogen-bond acceptors (Lipinski definition) is 0. The number of para-hydroxylation sites is 4. The van der Waals surface area contributed by atoms with E-state index in [0.29, 0.717) is 0 Å². The summed E-state index contributed by atoms with van der Waals surface area (Å²) in [5, 5.41) is 12.8. The van der Waals surface area contributed by atoms with Crippen LogP contribution in [0.4, 0.5) is 0 Å². The van der Waals surface area contributed by atoms with Crippen LogP contribution in [0.3, 0.4) is 0 Å². The molecule has 0 fully saturated rings. The first-order valence-electron chi connectivity index (χ1n) is 24.2. The number of benzene rings is 11. The average Bonchev–Trinajstić information content (AvgIpc) is 4.07. The lowest BCUT2D eigenvalue weighted by Crippen LogP contribution is -2.74. The van der Waals surface area contributed by atoms with Crippen LogP contribution in [0.5, 0.6) is 0 Å². The molecule has 328 valence electrons. The van der Waals surface area contributed by atoms with Crippen molar-refractivity contribution in [2.24, 2.45) is 0 Å². The summed E-state index contributed by atoms with van der Waals surface area (Å²) in [4.78, 5) is 0. The highest BCUT2D eigenvalue weighted by molar-refractivity contribution is 7.20. The van der Waals surface area contributed by atoms with Gasteiger partial charge in [0, 0.05) is 49.4 Å². The van der Waals surface area contributed by atoms with Crippen molar-refractivity contribution >= 4 is 94.2 Å². The molecule has 0 N–H and O–H groups in total. The van der Waals surface area contributed by atoms with Crippen molar-refractivity contribution in [1.29, 1.82) is 0 Å². The Kier molecular flexibility index (Phi) is 9.23. The molecule has 0 spiro atoms. The maximum atomic E-state index is 2.52. The third kappa shape index (κ3) is 6.07. The van der Waals surface area contributed by atoms with E-state index in [1.165, 1.54) is 86.2 Å². The van der Waals surface area contributed by atoms with Crippen molar-refractivity contribution in [2.45, 2.75) is 0 Å². The Labute approximate surface area is 407 Å². The number of fused-ring (bicyclic) bond motifs is 9. The largest absolute Gasteiger partial charge is 0.309 e. The topological polar surface area (TPSA) is 14.8 Å². The van der Waals surface area contributed by atoms with Crippen LogP contribution in [0.15, 0.2) is 273 Å². The van der Waals surface area contributed by atoms with Gasteiger partial charge in [0.1, 0.15) is 0 Å². The van der Waals surface area contributed by atoms with E-state index in [2.05, 4.69) is 287 Å². The maximum Gasteiger partial charge on any atom is 0.179 e. The molecule has 14 rings (SSSR count). The van der Waals surface area contributed by atoms with Crippen LogP contribution in [0.2, 0.25) is 0 Å². The summed E-state index contributed by atoms with van der Waals surface area (Å²) in [6.07, 6.45) is 0. The highest BCUT2D eigenvalue weighted by Gasteiger charge is 2.41. The SMILES string of the molecule is c1ccc(-c2cc(-n3c4ccccc4c4ccccc43)cc(-n3c4ccccc4c4ccc(-n5c6ccccc6c6ccc([Si](c7ccccc7)(c7ccccc7)c7ccccc7)cc65)cc43)c2)cc1. The lowest BCUT2D eigenvalue weighted by atomic mass is 10.0. The number of aromatic nitrogens is 3. The molecular formula is C66H45N3Si. The zero-order chi connectivity index (χ0) is 46.2. The molecule has 3 aromatic heterocycles. The minimum absolute atomic E-state index is 1.11.